The molecule has 0 aromatic heterocycles. The average Bonchev–Trinajstić information content (AvgIpc) is 2.35. The first-order valence-electron chi connectivity index (χ1n) is 6.38. The highest BCUT2D eigenvalue weighted by Gasteiger charge is 2.12. The van der Waals surface area contributed by atoms with Crippen LogP contribution in [-0.4, -0.2) is 34.2 Å². The van der Waals surface area contributed by atoms with E-state index in [4.69, 9.17) is 34.7 Å². The first-order valence-corrected chi connectivity index (χ1v) is 7.17. The van der Waals surface area contributed by atoms with Gasteiger partial charge in [-0.3, -0.25) is 4.90 Å². The SMILES string of the molecule is CC(C)N(CCCO)Cc1ccc(C(N)=S)cc1Cl. The summed E-state index contributed by atoms with van der Waals surface area (Å²) in [4.78, 5) is 2.63. The van der Waals surface area contributed by atoms with Crippen LogP contribution in [0.25, 0.3) is 0 Å². The molecule has 0 radical (unpaired) electrons. The molecule has 0 unspecified atom stereocenters. The summed E-state index contributed by atoms with van der Waals surface area (Å²) in [5.41, 5.74) is 7.42. The maximum Gasteiger partial charge on any atom is 0.104 e. The lowest BCUT2D eigenvalue weighted by molar-refractivity contribution is 0.185. The number of thiocarbonyl (C=S) groups is 1. The zero-order valence-corrected chi connectivity index (χ0v) is 13.0. The van der Waals surface area contributed by atoms with Gasteiger partial charge in [-0.05, 0) is 31.9 Å². The van der Waals surface area contributed by atoms with E-state index in [0.717, 1.165) is 30.6 Å². The largest absolute Gasteiger partial charge is 0.396 e. The highest BCUT2D eigenvalue weighted by molar-refractivity contribution is 7.80. The third-order valence-electron chi connectivity index (χ3n) is 3.04. The summed E-state index contributed by atoms with van der Waals surface area (Å²) in [5, 5.41) is 9.61. The predicted octanol–water partition coefficient (Wildman–Crippen LogP) is 2.57. The van der Waals surface area contributed by atoms with E-state index in [1.807, 2.05) is 18.2 Å². The molecule has 5 heteroatoms. The summed E-state index contributed by atoms with van der Waals surface area (Å²) in [7, 11) is 0. The van der Waals surface area contributed by atoms with E-state index in [1.165, 1.54) is 0 Å². The zero-order chi connectivity index (χ0) is 14.4. The number of aliphatic hydroxyl groups excluding tert-OH is 1. The van der Waals surface area contributed by atoms with Crippen molar-refractivity contribution in [3.63, 3.8) is 0 Å². The summed E-state index contributed by atoms with van der Waals surface area (Å²) in [6.45, 7) is 6.08. The highest BCUT2D eigenvalue weighted by atomic mass is 35.5. The van der Waals surface area contributed by atoms with E-state index in [9.17, 15) is 0 Å². The zero-order valence-electron chi connectivity index (χ0n) is 11.4. The van der Waals surface area contributed by atoms with Gasteiger partial charge in [0.2, 0.25) is 0 Å². The maximum atomic E-state index is 8.93. The minimum absolute atomic E-state index is 0.206. The van der Waals surface area contributed by atoms with Gasteiger partial charge in [0.15, 0.2) is 0 Å². The number of aliphatic hydroxyl groups is 1. The molecule has 3 nitrogen and oxygen atoms in total. The number of nitrogens with two attached hydrogens (primary N) is 1. The Morgan fingerprint density at radius 2 is 2.16 bits per heavy atom. The topological polar surface area (TPSA) is 49.5 Å². The number of nitrogens with zero attached hydrogens (tertiary/aromatic N) is 1. The molecular weight excluding hydrogens is 280 g/mol. The molecule has 0 saturated carbocycles. The number of benzene rings is 1. The molecule has 3 N–H and O–H groups in total. The Hall–Kier alpha value is -0.680. The van der Waals surface area contributed by atoms with Crippen LogP contribution >= 0.6 is 23.8 Å². The van der Waals surface area contributed by atoms with Crippen molar-refractivity contribution in [3.05, 3.63) is 34.3 Å². The van der Waals surface area contributed by atoms with Gasteiger partial charge in [-0.25, -0.2) is 0 Å². The second-order valence-corrected chi connectivity index (χ2v) is 5.66. The standard InChI is InChI=1S/C14H21ClN2OS/c1-10(2)17(6-3-7-18)9-12-5-4-11(14(16)19)8-13(12)15/h4-5,8,10,18H,3,6-7,9H2,1-2H3,(H2,16,19). The van der Waals surface area contributed by atoms with Crippen LogP contribution in [0.1, 0.15) is 31.4 Å². The van der Waals surface area contributed by atoms with Crippen molar-refractivity contribution in [3.8, 4) is 0 Å². The fourth-order valence-electron chi connectivity index (χ4n) is 1.84. The molecule has 1 aromatic rings. The summed E-state index contributed by atoms with van der Waals surface area (Å²) in [5.74, 6) is 0. The van der Waals surface area contributed by atoms with Gasteiger partial charge in [-0.15, -0.1) is 0 Å². The third-order valence-corrected chi connectivity index (χ3v) is 3.63. The van der Waals surface area contributed by atoms with Crippen molar-refractivity contribution in [1.82, 2.24) is 4.90 Å². The van der Waals surface area contributed by atoms with Crippen LogP contribution in [0, 0.1) is 0 Å². The van der Waals surface area contributed by atoms with Gasteiger partial charge in [-0.2, -0.15) is 0 Å². The van der Waals surface area contributed by atoms with Crippen LogP contribution in [0.15, 0.2) is 18.2 Å². The molecule has 0 spiro atoms. The predicted molar refractivity (Wildman–Crippen MR) is 84.6 cm³/mol. The average molecular weight is 301 g/mol. The highest BCUT2D eigenvalue weighted by Crippen LogP contribution is 2.20. The molecule has 0 fully saturated rings. The van der Waals surface area contributed by atoms with Crippen LogP contribution in [0.5, 0.6) is 0 Å². The van der Waals surface area contributed by atoms with Crippen LogP contribution < -0.4 is 5.73 Å². The minimum Gasteiger partial charge on any atom is -0.396 e. The van der Waals surface area contributed by atoms with Crippen LogP contribution in [0.2, 0.25) is 5.02 Å². The van der Waals surface area contributed by atoms with Crippen molar-refractivity contribution in [2.45, 2.75) is 32.9 Å². The minimum atomic E-state index is 0.206. The van der Waals surface area contributed by atoms with Crippen molar-refractivity contribution >= 4 is 28.8 Å². The van der Waals surface area contributed by atoms with E-state index >= 15 is 0 Å². The summed E-state index contributed by atoms with van der Waals surface area (Å²) in [6.07, 6.45) is 0.765. The molecule has 106 valence electrons. The molecule has 19 heavy (non-hydrogen) atoms. The fraction of sp³-hybridized carbons (Fsp3) is 0.500. The monoisotopic (exact) mass is 300 g/mol. The number of hydrogen-bond acceptors (Lipinski definition) is 3. The van der Waals surface area contributed by atoms with Gasteiger partial charge in [-0.1, -0.05) is 36.0 Å². The molecule has 0 bridgehead atoms. The lowest BCUT2D eigenvalue weighted by atomic mass is 10.1. The van der Waals surface area contributed by atoms with Crippen LogP contribution in [-0.2, 0) is 6.54 Å². The second-order valence-electron chi connectivity index (χ2n) is 4.81. The molecule has 0 heterocycles. The number of halogens is 1. The Morgan fingerprint density at radius 3 is 2.63 bits per heavy atom. The molecule has 1 rings (SSSR count). The molecule has 0 aliphatic carbocycles. The Labute approximate surface area is 125 Å². The van der Waals surface area contributed by atoms with Gasteiger partial charge in [0, 0.05) is 36.3 Å². The van der Waals surface area contributed by atoms with Crippen molar-refractivity contribution in [2.75, 3.05) is 13.2 Å². The summed E-state index contributed by atoms with van der Waals surface area (Å²) in [6, 6.07) is 6.07. The molecule has 1 aromatic carbocycles. The van der Waals surface area contributed by atoms with Crippen molar-refractivity contribution in [1.29, 1.82) is 0 Å². The van der Waals surface area contributed by atoms with Crippen molar-refractivity contribution in [2.24, 2.45) is 5.73 Å². The first kappa shape index (κ1) is 16.4. The lowest BCUT2D eigenvalue weighted by Gasteiger charge is -2.26. The van der Waals surface area contributed by atoms with E-state index in [-0.39, 0.29) is 6.61 Å². The van der Waals surface area contributed by atoms with Gasteiger partial charge in [0.1, 0.15) is 4.99 Å². The second kappa shape index (κ2) is 7.80. The molecule has 0 aliphatic heterocycles. The fourth-order valence-corrected chi connectivity index (χ4v) is 2.21. The quantitative estimate of drug-likeness (QED) is 0.760. The maximum absolute atomic E-state index is 8.93. The number of rotatable bonds is 7. The Morgan fingerprint density at radius 1 is 1.47 bits per heavy atom. The van der Waals surface area contributed by atoms with Crippen LogP contribution in [0.3, 0.4) is 0 Å². The van der Waals surface area contributed by atoms with Gasteiger partial charge in [0.25, 0.3) is 0 Å². The van der Waals surface area contributed by atoms with Gasteiger partial charge < -0.3 is 10.8 Å². The molecule has 0 atom stereocenters. The third kappa shape index (κ3) is 5.07. The number of hydrogen-bond donors (Lipinski definition) is 2. The summed E-state index contributed by atoms with van der Waals surface area (Å²) < 4.78 is 0. The molecule has 0 saturated heterocycles. The first-order chi connectivity index (χ1) is 8.95. The van der Waals surface area contributed by atoms with Gasteiger partial charge in [0.05, 0.1) is 0 Å². The Balaban J connectivity index is 2.81. The summed E-state index contributed by atoms with van der Waals surface area (Å²) >= 11 is 11.2. The molecule has 0 amide bonds. The van der Waals surface area contributed by atoms with E-state index in [1.54, 1.807) is 0 Å². The van der Waals surface area contributed by atoms with E-state index in [0.29, 0.717) is 16.1 Å². The van der Waals surface area contributed by atoms with Crippen molar-refractivity contribution < 1.29 is 5.11 Å². The normalized spacial score (nSPS) is 11.3. The van der Waals surface area contributed by atoms with E-state index < -0.39 is 0 Å². The molecule has 0 aliphatic rings. The van der Waals surface area contributed by atoms with Crippen LogP contribution in [0.4, 0.5) is 0 Å². The Bertz CT molecular complexity index is 437. The van der Waals surface area contributed by atoms with Gasteiger partial charge >= 0.3 is 0 Å². The smallest absolute Gasteiger partial charge is 0.104 e. The molecular formula is C14H21ClN2OS. The Kier molecular flexibility index (Phi) is 6.72. The lowest BCUT2D eigenvalue weighted by Crippen LogP contribution is -2.31. The van der Waals surface area contributed by atoms with E-state index in [2.05, 4.69) is 18.7 Å².